The first kappa shape index (κ1) is 11.4. The van der Waals surface area contributed by atoms with Gasteiger partial charge in [0.05, 0.1) is 17.1 Å². The van der Waals surface area contributed by atoms with Crippen LogP contribution in [0.2, 0.25) is 0 Å². The Hall–Kier alpha value is -1.69. The Kier molecular flexibility index (Phi) is 2.31. The zero-order valence-electron chi connectivity index (χ0n) is 11.0. The number of nitrogens with zero attached hydrogens (tertiary/aromatic N) is 5. The van der Waals surface area contributed by atoms with E-state index in [9.17, 15) is 0 Å². The highest BCUT2D eigenvalue weighted by molar-refractivity contribution is 5.87. The van der Waals surface area contributed by atoms with Crippen molar-refractivity contribution in [3.8, 4) is 0 Å². The van der Waals surface area contributed by atoms with Gasteiger partial charge in [-0.3, -0.25) is 4.68 Å². The molecule has 18 heavy (non-hydrogen) atoms. The van der Waals surface area contributed by atoms with Gasteiger partial charge < -0.3 is 10.6 Å². The van der Waals surface area contributed by atoms with Crippen LogP contribution in [0.3, 0.4) is 0 Å². The molecule has 0 bridgehead atoms. The van der Waals surface area contributed by atoms with Crippen LogP contribution in [0.15, 0.2) is 12.5 Å². The van der Waals surface area contributed by atoms with E-state index in [1.54, 1.807) is 11.0 Å². The third-order valence-corrected chi connectivity index (χ3v) is 3.93. The Morgan fingerprint density at radius 2 is 2.06 bits per heavy atom. The lowest BCUT2D eigenvalue weighted by molar-refractivity contribution is 0.244. The van der Waals surface area contributed by atoms with Crippen molar-refractivity contribution in [3.05, 3.63) is 12.5 Å². The molecule has 2 aromatic heterocycles. The molecule has 0 spiro atoms. The van der Waals surface area contributed by atoms with Gasteiger partial charge in [0.1, 0.15) is 12.1 Å². The fourth-order valence-electron chi connectivity index (χ4n) is 2.38. The van der Waals surface area contributed by atoms with Crippen molar-refractivity contribution in [2.24, 2.45) is 18.7 Å². The summed E-state index contributed by atoms with van der Waals surface area (Å²) in [7, 11) is 1.89. The second kappa shape index (κ2) is 3.65. The maximum atomic E-state index is 6.32. The molecule has 3 heterocycles. The van der Waals surface area contributed by atoms with Crippen LogP contribution in [0, 0.1) is 5.92 Å². The van der Waals surface area contributed by atoms with Gasteiger partial charge in [-0.15, -0.1) is 0 Å². The number of anilines is 1. The van der Waals surface area contributed by atoms with E-state index >= 15 is 0 Å². The largest absolute Gasteiger partial charge is 0.352 e. The summed E-state index contributed by atoms with van der Waals surface area (Å²) in [6.07, 6.45) is 3.40. The average Bonchev–Trinajstić information content (AvgIpc) is 2.67. The van der Waals surface area contributed by atoms with Crippen molar-refractivity contribution in [3.63, 3.8) is 0 Å². The molecule has 1 saturated heterocycles. The summed E-state index contributed by atoms with van der Waals surface area (Å²) in [6.45, 7) is 6.01. The first-order chi connectivity index (χ1) is 8.51. The maximum absolute atomic E-state index is 6.32. The number of fused-ring (bicyclic) bond motifs is 1. The normalized spacial score (nSPS) is 18.4. The smallest absolute Gasteiger partial charge is 0.163 e. The second-order valence-electron chi connectivity index (χ2n) is 5.45. The number of rotatable bonds is 2. The van der Waals surface area contributed by atoms with Crippen molar-refractivity contribution in [2.75, 3.05) is 18.0 Å². The molecule has 6 heteroatoms. The monoisotopic (exact) mass is 246 g/mol. The predicted molar refractivity (Wildman–Crippen MR) is 70.3 cm³/mol. The molecule has 1 aliphatic rings. The first-order valence-electron chi connectivity index (χ1n) is 6.18. The SMILES string of the molecule is CC(C)C1(N)CN(c2ncnc3c2cnn3C)C1. The molecule has 2 N–H and O–H groups in total. The standard InChI is InChI=1S/C12H18N6/c1-8(2)12(13)5-18(6-12)11-9-4-16-17(3)10(9)14-7-15-11/h4,7-8H,5-6,13H2,1-3H3. The van der Waals surface area contributed by atoms with Crippen molar-refractivity contribution in [1.29, 1.82) is 0 Å². The van der Waals surface area contributed by atoms with Crippen LogP contribution in [0.1, 0.15) is 13.8 Å². The molecule has 0 atom stereocenters. The molecule has 0 amide bonds. The number of aryl methyl sites for hydroxylation is 1. The lowest BCUT2D eigenvalue weighted by Crippen LogP contribution is -2.70. The van der Waals surface area contributed by atoms with Gasteiger partial charge in [0.2, 0.25) is 0 Å². The molecule has 0 radical (unpaired) electrons. The molecule has 0 aliphatic carbocycles. The summed E-state index contributed by atoms with van der Waals surface area (Å²) in [6, 6.07) is 0. The Balaban J connectivity index is 1.93. The van der Waals surface area contributed by atoms with Crippen LogP contribution < -0.4 is 10.6 Å². The molecule has 1 fully saturated rings. The summed E-state index contributed by atoms with van der Waals surface area (Å²) < 4.78 is 1.76. The van der Waals surface area contributed by atoms with Gasteiger partial charge in [-0.1, -0.05) is 13.8 Å². The van der Waals surface area contributed by atoms with E-state index < -0.39 is 0 Å². The average molecular weight is 246 g/mol. The molecule has 1 aliphatic heterocycles. The molecular formula is C12H18N6. The van der Waals surface area contributed by atoms with Gasteiger partial charge >= 0.3 is 0 Å². The first-order valence-corrected chi connectivity index (χ1v) is 6.18. The van der Waals surface area contributed by atoms with Crippen LogP contribution in [-0.2, 0) is 7.05 Å². The minimum atomic E-state index is -0.0977. The summed E-state index contributed by atoms with van der Waals surface area (Å²) >= 11 is 0. The summed E-state index contributed by atoms with van der Waals surface area (Å²) in [5.41, 5.74) is 7.08. The van der Waals surface area contributed by atoms with Crippen LogP contribution in [0.5, 0.6) is 0 Å². The summed E-state index contributed by atoms with van der Waals surface area (Å²) in [5, 5.41) is 5.22. The van der Waals surface area contributed by atoms with E-state index in [-0.39, 0.29) is 5.54 Å². The second-order valence-corrected chi connectivity index (χ2v) is 5.45. The maximum Gasteiger partial charge on any atom is 0.163 e. The highest BCUT2D eigenvalue weighted by atomic mass is 15.3. The lowest BCUT2D eigenvalue weighted by atomic mass is 9.80. The van der Waals surface area contributed by atoms with E-state index in [1.807, 2.05) is 13.2 Å². The molecule has 0 aromatic carbocycles. The summed E-state index contributed by atoms with van der Waals surface area (Å²) in [4.78, 5) is 10.8. The van der Waals surface area contributed by atoms with Crippen molar-refractivity contribution in [2.45, 2.75) is 19.4 Å². The van der Waals surface area contributed by atoms with Crippen molar-refractivity contribution in [1.82, 2.24) is 19.7 Å². The highest BCUT2D eigenvalue weighted by Crippen LogP contribution is 2.32. The van der Waals surface area contributed by atoms with Crippen molar-refractivity contribution < 1.29 is 0 Å². The zero-order chi connectivity index (χ0) is 12.9. The number of aromatic nitrogens is 4. The Morgan fingerprint density at radius 3 is 2.72 bits per heavy atom. The van der Waals surface area contributed by atoms with E-state index in [2.05, 4.69) is 33.8 Å². The quantitative estimate of drug-likeness (QED) is 0.837. The number of hydrogen-bond acceptors (Lipinski definition) is 5. The Labute approximate surface area is 106 Å². The highest BCUT2D eigenvalue weighted by Gasteiger charge is 2.43. The molecule has 0 unspecified atom stereocenters. The van der Waals surface area contributed by atoms with Gasteiger partial charge in [0.25, 0.3) is 0 Å². The van der Waals surface area contributed by atoms with Crippen LogP contribution >= 0.6 is 0 Å². The number of nitrogens with two attached hydrogens (primary N) is 1. The Morgan fingerprint density at radius 1 is 1.33 bits per heavy atom. The summed E-state index contributed by atoms with van der Waals surface area (Å²) in [5.74, 6) is 1.41. The third kappa shape index (κ3) is 1.49. The van der Waals surface area contributed by atoms with Gasteiger partial charge in [-0.25, -0.2) is 9.97 Å². The molecule has 3 rings (SSSR count). The minimum Gasteiger partial charge on any atom is -0.352 e. The third-order valence-electron chi connectivity index (χ3n) is 3.93. The fourth-order valence-corrected chi connectivity index (χ4v) is 2.38. The Bertz CT molecular complexity index is 581. The minimum absolute atomic E-state index is 0.0977. The van der Waals surface area contributed by atoms with Crippen LogP contribution in [0.25, 0.3) is 11.0 Å². The van der Waals surface area contributed by atoms with Crippen LogP contribution in [0.4, 0.5) is 5.82 Å². The molecule has 2 aromatic rings. The van der Waals surface area contributed by atoms with Gasteiger partial charge in [-0.05, 0) is 5.92 Å². The van der Waals surface area contributed by atoms with Crippen molar-refractivity contribution >= 4 is 16.9 Å². The van der Waals surface area contributed by atoms with E-state index in [1.165, 1.54) is 0 Å². The van der Waals surface area contributed by atoms with Crippen LogP contribution in [-0.4, -0.2) is 38.4 Å². The molecule has 96 valence electrons. The van der Waals surface area contributed by atoms with Gasteiger partial charge in [0.15, 0.2) is 5.65 Å². The zero-order valence-corrected chi connectivity index (χ0v) is 11.0. The topological polar surface area (TPSA) is 72.9 Å². The van der Waals surface area contributed by atoms with E-state index in [4.69, 9.17) is 5.73 Å². The fraction of sp³-hybridized carbons (Fsp3) is 0.583. The lowest BCUT2D eigenvalue weighted by Gasteiger charge is -2.51. The number of hydrogen-bond donors (Lipinski definition) is 1. The molecule has 6 nitrogen and oxygen atoms in total. The van der Waals surface area contributed by atoms with E-state index in [0.717, 1.165) is 29.9 Å². The van der Waals surface area contributed by atoms with Gasteiger partial charge in [-0.2, -0.15) is 5.10 Å². The molecular weight excluding hydrogens is 228 g/mol. The molecule has 0 saturated carbocycles. The van der Waals surface area contributed by atoms with E-state index in [0.29, 0.717) is 5.92 Å². The van der Waals surface area contributed by atoms with Gasteiger partial charge in [0, 0.05) is 20.1 Å². The predicted octanol–water partition coefficient (Wildman–Crippen LogP) is 0.537.